The molecule has 0 bridgehead atoms. The summed E-state index contributed by atoms with van der Waals surface area (Å²) >= 11 is 0. The number of aromatic nitrogens is 5. The van der Waals surface area contributed by atoms with Crippen molar-refractivity contribution in [3.05, 3.63) is 74.2 Å². The number of carboxylic acid groups (broad SMARTS) is 1. The Morgan fingerprint density at radius 3 is 2.32 bits per heavy atom. The lowest BCUT2D eigenvalue weighted by Crippen LogP contribution is -2.39. The molecule has 4 rings (SSSR count). The molecule has 2 aromatic heterocycles. The van der Waals surface area contributed by atoms with Gasteiger partial charge in [-0.3, -0.25) is 9.59 Å². The van der Waals surface area contributed by atoms with E-state index in [9.17, 15) is 35.9 Å². The van der Waals surface area contributed by atoms with E-state index in [0.29, 0.717) is 23.2 Å². The van der Waals surface area contributed by atoms with Crippen molar-refractivity contribution >= 4 is 11.9 Å². The molecule has 1 amide bonds. The molecule has 0 spiro atoms. The lowest BCUT2D eigenvalue weighted by atomic mass is 10.0. The van der Waals surface area contributed by atoms with Crippen LogP contribution in [0.15, 0.2) is 29.1 Å². The van der Waals surface area contributed by atoms with Crippen LogP contribution in [-0.2, 0) is 30.5 Å². The minimum Gasteiger partial charge on any atom is -0.475 e. The van der Waals surface area contributed by atoms with E-state index in [-0.39, 0.29) is 36.9 Å². The predicted octanol–water partition coefficient (Wildman–Crippen LogP) is 2.88. The van der Waals surface area contributed by atoms with Crippen LogP contribution in [0.4, 0.5) is 26.3 Å². The number of carbonyl (C=O) groups is 2. The quantitative estimate of drug-likeness (QED) is 0.483. The Balaban J connectivity index is 0.000000505. The van der Waals surface area contributed by atoms with Crippen molar-refractivity contribution in [3.63, 3.8) is 0 Å². The number of halogens is 6. The molecule has 2 N–H and O–H groups in total. The fraction of sp³-hybridized carbons (Fsp3) is 0.364. The molecule has 0 aliphatic carbocycles. The van der Waals surface area contributed by atoms with Crippen molar-refractivity contribution in [1.29, 1.82) is 0 Å². The van der Waals surface area contributed by atoms with Gasteiger partial charge in [-0.25, -0.2) is 9.89 Å². The van der Waals surface area contributed by atoms with Crippen molar-refractivity contribution in [2.45, 2.75) is 45.7 Å². The Kier molecular flexibility index (Phi) is 7.92. The second kappa shape index (κ2) is 10.6. The molecule has 1 aliphatic rings. The molecule has 0 atom stereocenters. The first-order valence-corrected chi connectivity index (χ1v) is 10.8. The number of benzene rings is 1. The highest BCUT2D eigenvalue weighted by Crippen LogP contribution is 2.29. The number of aliphatic carboxylic acids is 1. The van der Waals surface area contributed by atoms with Gasteiger partial charge >= 0.3 is 18.3 Å². The lowest BCUT2D eigenvalue weighted by Gasteiger charge is -2.28. The monoisotopic (exact) mass is 546 g/mol. The van der Waals surface area contributed by atoms with Gasteiger partial charge in [0.1, 0.15) is 0 Å². The molecule has 16 heteroatoms. The number of aromatic amines is 1. The van der Waals surface area contributed by atoms with Gasteiger partial charge in [-0.1, -0.05) is 12.1 Å². The van der Waals surface area contributed by atoms with Gasteiger partial charge in [-0.2, -0.15) is 31.4 Å². The molecule has 1 aromatic carbocycles. The average Bonchev–Trinajstić information content (AvgIpc) is 3.28. The maximum Gasteiger partial charge on any atom is 0.490 e. The van der Waals surface area contributed by atoms with Crippen molar-refractivity contribution in [2.75, 3.05) is 6.54 Å². The van der Waals surface area contributed by atoms with E-state index in [0.717, 1.165) is 15.7 Å². The van der Waals surface area contributed by atoms with E-state index < -0.39 is 24.1 Å². The number of carbonyl (C=O) groups excluding carboxylic acids is 1. The summed E-state index contributed by atoms with van der Waals surface area (Å²) in [6.07, 6.45) is -9.24. The van der Waals surface area contributed by atoms with Gasteiger partial charge in [0, 0.05) is 30.6 Å². The molecular weight excluding hydrogens is 526 g/mol. The third-order valence-corrected chi connectivity index (χ3v) is 5.71. The smallest absolute Gasteiger partial charge is 0.475 e. The van der Waals surface area contributed by atoms with Gasteiger partial charge in [0.15, 0.2) is 5.82 Å². The zero-order valence-electron chi connectivity index (χ0n) is 19.8. The van der Waals surface area contributed by atoms with Crippen LogP contribution in [-0.4, -0.2) is 59.6 Å². The first-order chi connectivity index (χ1) is 17.6. The molecular formula is C22H20F6N6O4. The Labute approximate surface area is 209 Å². The van der Waals surface area contributed by atoms with Crippen LogP contribution in [0.3, 0.4) is 0 Å². The van der Waals surface area contributed by atoms with Gasteiger partial charge in [-0.05, 0) is 37.1 Å². The highest BCUT2D eigenvalue weighted by Gasteiger charge is 2.40. The Bertz CT molecular complexity index is 1410. The molecule has 0 saturated heterocycles. The van der Waals surface area contributed by atoms with Crippen molar-refractivity contribution in [2.24, 2.45) is 0 Å². The molecule has 0 saturated carbocycles. The maximum atomic E-state index is 13.0. The van der Waals surface area contributed by atoms with Gasteiger partial charge in [0.25, 0.3) is 11.5 Å². The number of fused-ring (bicyclic) bond motifs is 1. The molecule has 38 heavy (non-hydrogen) atoms. The van der Waals surface area contributed by atoms with E-state index in [2.05, 4.69) is 20.4 Å². The van der Waals surface area contributed by atoms with E-state index >= 15 is 0 Å². The highest BCUT2D eigenvalue weighted by molar-refractivity contribution is 5.94. The van der Waals surface area contributed by atoms with Gasteiger partial charge in [0.05, 0.1) is 12.2 Å². The molecule has 204 valence electrons. The third kappa shape index (κ3) is 6.36. The van der Waals surface area contributed by atoms with E-state index in [1.807, 2.05) is 13.0 Å². The standard InChI is InChI=1S/C20H19F3N6O2.C2HF3O2/c1-11-12(2)17(30)26-24-15(11)9-13-4-3-5-14(8-13)18(31)28-6-7-29-16(10-28)25-27-19(29)20(21,22)23;3-2(4,5)1(6)7/h3-5,8H,6-7,9-10H2,1-2H3,(H,26,30);(H,6,7). The summed E-state index contributed by atoms with van der Waals surface area (Å²) < 4.78 is 71.7. The zero-order valence-corrected chi connectivity index (χ0v) is 19.8. The molecule has 10 nitrogen and oxygen atoms in total. The van der Waals surface area contributed by atoms with Crippen molar-refractivity contribution < 1.29 is 41.0 Å². The highest BCUT2D eigenvalue weighted by atomic mass is 19.4. The molecule has 3 heterocycles. The lowest BCUT2D eigenvalue weighted by molar-refractivity contribution is -0.192. The second-order valence-electron chi connectivity index (χ2n) is 8.25. The number of hydrogen-bond acceptors (Lipinski definition) is 6. The molecule has 1 aliphatic heterocycles. The Morgan fingerprint density at radius 1 is 1.05 bits per heavy atom. The summed E-state index contributed by atoms with van der Waals surface area (Å²) in [6.45, 7) is 3.59. The number of amides is 1. The van der Waals surface area contributed by atoms with E-state index in [4.69, 9.17) is 9.90 Å². The second-order valence-corrected chi connectivity index (χ2v) is 8.25. The van der Waals surface area contributed by atoms with Crippen LogP contribution in [0.1, 0.15) is 44.4 Å². The van der Waals surface area contributed by atoms with Crippen LogP contribution in [0.2, 0.25) is 0 Å². The predicted molar refractivity (Wildman–Crippen MR) is 117 cm³/mol. The van der Waals surface area contributed by atoms with E-state index in [1.54, 1.807) is 25.1 Å². The SMILES string of the molecule is Cc1c(Cc2cccc(C(=O)N3CCn4c(nnc4C(F)(F)F)C3)c2)n[nH]c(=O)c1C.O=C(O)C(F)(F)F. The summed E-state index contributed by atoms with van der Waals surface area (Å²) in [7, 11) is 0. The van der Waals surface area contributed by atoms with Gasteiger partial charge in [0.2, 0.25) is 5.82 Å². The fourth-order valence-corrected chi connectivity index (χ4v) is 3.58. The largest absolute Gasteiger partial charge is 0.490 e. The summed E-state index contributed by atoms with van der Waals surface area (Å²) in [5.74, 6) is -4.00. The molecule has 0 radical (unpaired) electrons. The number of nitrogens with zero attached hydrogens (tertiary/aromatic N) is 5. The topological polar surface area (TPSA) is 134 Å². The Hall–Kier alpha value is -4.24. The normalized spacial score (nSPS) is 13.4. The summed E-state index contributed by atoms with van der Waals surface area (Å²) in [5, 5.41) is 20.5. The zero-order chi connectivity index (χ0) is 28.4. The number of carboxylic acids is 1. The minimum absolute atomic E-state index is 0.0254. The number of H-pyrrole nitrogens is 1. The fourth-order valence-electron chi connectivity index (χ4n) is 3.58. The Morgan fingerprint density at radius 2 is 1.71 bits per heavy atom. The maximum absolute atomic E-state index is 13.0. The number of nitrogens with one attached hydrogen (secondary N) is 1. The van der Waals surface area contributed by atoms with Crippen molar-refractivity contribution in [3.8, 4) is 0 Å². The third-order valence-electron chi connectivity index (χ3n) is 5.71. The molecule has 0 fully saturated rings. The van der Waals surface area contributed by atoms with Gasteiger partial charge in [-0.15, -0.1) is 10.2 Å². The number of alkyl halides is 6. The number of rotatable bonds is 3. The van der Waals surface area contributed by atoms with Crippen LogP contribution in [0, 0.1) is 13.8 Å². The summed E-state index contributed by atoms with van der Waals surface area (Å²) in [5.41, 5.74) is 3.08. The summed E-state index contributed by atoms with van der Waals surface area (Å²) in [4.78, 5) is 35.0. The van der Waals surface area contributed by atoms with Crippen molar-refractivity contribution in [1.82, 2.24) is 29.9 Å². The average molecular weight is 546 g/mol. The van der Waals surface area contributed by atoms with Crippen LogP contribution >= 0.6 is 0 Å². The van der Waals surface area contributed by atoms with Crippen LogP contribution < -0.4 is 5.56 Å². The molecule has 0 unspecified atom stereocenters. The molecule has 3 aromatic rings. The first-order valence-electron chi connectivity index (χ1n) is 10.8. The number of hydrogen-bond donors (Lipinski definition) is 2. The minimum atomic E-state index is -5.08. The van der Waals surface area contributed by atoms with Crippen LogP contribution in [0.5, 0.6) is 0 Å². The van der Waals surface area contributed by atoms with Crippen LogP contribution in [0.25, 0.3) is 0 Å². The first kappa shape index (κ1) is 28.3. The van der Waals surface area contributed by atoms with Gasteiger partial charge < -0.3 is 14.6 Å². The summed E-state index contributed by atoms with van der Waals surface area (Å²) in [6, 6.07) is 6.97. The van der Waals surface area contributed by atoms with E-state index in [1.165, 1.54) is 4.90 Å².